The number of rotatable bonds is 3. The molecule has 0 N–H and O–H groups in total. The van der Waals surface area contributed by atoms with Crippen molar-refractivity contribution in [2.75, 3.05) is 9.80 Å². The fourth-order valence-corrected chi connectivity index (χ4v) is 3.80. The van der Waals surface area contributed by atoms with Gasteiger partial charge in [-0.25, -0.2) is 8.78 Å². The van der Waals surface area contributed by atoms with Crippen molar-refractivity contribution in [1.29, 1.82) is 0 Å². The molecule has 3 aromatic rings. The third-order valence-electron chi connectivity index (χ3n) is 5.13. The molecule has 0 aliphatic carbocycles. The number of para-hydroxylation sites is 2. The van der Waals surface area contributed by atoms with E-state index in [1.807, 2.05) is 0 Å². The summed E-state index contributed by atoms with van der Waals surface area (Å²) in [5, 5.41) is 0.220. The van der Waals surface area contributed by atoms with Crippen LogP contribution in [-0.4, -0.2) is 17.9 Å². The molecule has 1 aliphatic rings. The Labute approximate surface area is 177 Å². The molecule has 152 valence electrons. The number of nitrogens with zero attached hydrogens (tertiary/aromatic N) is 2. The molecule has 0 spiro atoms. The van der Waals surface area contributed by atoms with Crippen LogP contribution >= 0.6 is 11.6 Å². The molecule has 1 aliphatic heterocycles. The summed E-state index contributed by atoms with van der Waals surface area (Å²) in [6.07, 6.45) is 0. The molecule has 0 bridgehead atoms. The van der Waals surface area contributed by atoms with Crippen LogP contribution in [0.15, 0.2) is 66.7 Å². The predicted octanol–water partition coefficient (Wildman–Crippen LogP) is 5.20. The molecule has 0 radical (unpaired) electrons. The molecule has 0 saturated heterocycles. The number of carbonyl (C=O) groups is 2. The molecule has 4 nitrogen and oxygen atoms in total. The minimum absolute atomic E-state index is 0.0652. The Morgan fingerprint density at radius 1 is 0.967 bits per heavy atom. The highest BCUT2D eigenvalue weighted by atomic mass is 35.5. The summed E-state index contributed by atoms with van der Waals surface area (Å²) >= 11 is 6.16. The highest BCUT2D eigenvalue weighted by molar-refractivity contribution is 6.31. The molecule has 3 aromatic carbocycles. The summed E-state index contributed by atoms with van der Waals surface area (Å²) < 4.78 is 27.6. The summed E-state index contributed by atoms with van der Waals surface area (Å²) in [6, 6.07) is 15.6. The second-order valence-corrected chi connectivity index (χ2v) is 7.38. The normalized spacial score (nSPS) is 15.9. The van der Waals surface area contributed by atoms with Crippen LogP contribution in [0.5, 0.6) is 0 Å². The Bertz CT molecular complexity index is 1110. The van der Waals surface area contributed by atoms with Gasteiger partial charge in [0, 0.05) is 16.1 Å². The van der Waals surface area contributed by atoms with Crippen molar-refractivity contribution < 1.29 is 18.4 Å². The molecule has 0 saturated carbocycles. The lowest BCUT2D eigenvalue weighted by Gasteiger charge is -2.40. The fourth-order valence-electron chi connectivity index (χ4n) is 3.58. The Morgan fingerprint density at radius 3 is 2.30 bits per heavy atom. The van der Waals surface area contributed by atoms with Crippen molar-refractivity contribution in [3.05, 3.63) is 94.5 Å². The maximum Gasteiger partial charge on any atom is 0.259 e. The molecule has 1 unspecified atom stereocenters. The van der Waals surface area contributed by atoms with Gasteiger partial charge >= 0.3 is 0 Å². The van der Waals surface area contributed by atoms with Crippen molar-refractivity contribution in [3.8, 4) is 0 Å². The molecule has 0 fully saturated rings. The zero-order valence-electron chi connectivity index (χ0n) is 16.0. The van der Waals surface area contributed by atoms with E-state index in [2.05, 4.69) is 0 Å². The summed E-state index contributed by atoms with van der Waals surface area (Å²) in [6.45, 7) is 1.54. The Morgan fingerprint density at radius 2 is 1.63 bits per heavy atom. The van der Waals surface area contributed by atoms with Crippen LogP contribution in [0.3, 0.4) is 0 Å². The molecule has 0 aromatic heterocycles. The maximum absolute atomic E-state index is 14.3. The first-order valence-electron chi connectivity index (χ1n) is 9.31. The molecular weight excluding hydrogens is 410 g/mol. The first-order chi connectivity index (χ1) is 14.4. The Kier molecular flexibility index (Phi) is 5.26. The van der Waals surface area contributed by atoms with Gasteiger partial charge in [0.25, 0.3) is 5.91 Å². The zero-order valence-corrected chi connectivity index (χ0v) is 16.7. The lowest BCUT2D eigenvalue weighted by Crippen LogP contribution is -2.54. The number of anilines is 2. The van der Waals surface area contributed by atoms with Crippen LogP contribution in [-0.2, 0) is 11.3 Å². The summed E-state index contributed by atoms with van der Waals surface area (Å²) in [7, 11) is 0. The Hall–Kier alpha value is -3.25. The molecule has 4 rings (SSSR count). The number of benzene rings is 3. The largest absolute Gasteiger partial charge is 0.304 e. The van der Waals surface area contributed by atoms with E-state index >= 15 is 0 Å². The lowest BCUT2D eigenvalue weighted by molar-refractivity contribution is -0.119. The van der Waals surface area contributed by atoms with Gasteiger partial charge in [-0.15, -0.1) is 0 Å². The van der Waals surface area contributed by atoms with Crippen molar-refractivity contribution in [3.63, 3.8) is 0 Å². The van der Waals surface area contributed by atoms with Gasteiger partial charge < -0.3 is 4.90 Å². The van der Waals surface area contributed by atoms with Crippen LogP contribution in [0.1, 0.15) is 22.8 Å². The van der Waals surface area contributed by atoms with E-state index in [0.717, 1.165) is 0 Å². The van der Waals surface area contributed by atoms with Crippen molar-refractivity contribution in [2.24, 2.45) is 0 Å². The van der Waals surface area contributed by atoms with Gasteiger partial charge in [0.2, 0.25) is 5.91 Å². The van der Waals surface area contributed by atoms with Gasteiger partial charge in [-0.05, 0) is 55.5 Å². The molecule has 2 amide bonds. The number of amides is 2. The second-order valence-electron chi connectivity index (χ2n) is 6.97. The average Bonchev–Trinajstić information content (AvgIpc) is 2.74. The van der Waals surface area contributed by atoms with E-state index in [-0.39, 0.29) is 28.6 Å². The monoisotopic (exact) mass is 426 g/mol. The SMILES string of the molecule is CC1C(=O)N(Cc2c(F)cccc2Cl)c2ccccc2N1C(=O)c1ccc(F)cc1. The topological polar surface area (TPSA) is 40.6 Å². The second kappa shape index (κ2) is 7.88. The summed E-state index contributed by atoms with van der Waals surface area (Å²) in [5.74, 6) is -1.76. The van der Waals surface area contributed by atoms with E-state index in [1.165, 1.54) is 46.2 Å². The van der Waals surface area contributed by atoms with Gasteiger partial charge in [0.15, 0.2) is 0 Å². The van der Waals surface area contributed by atoms with Gasteiger partial charge in [0.1, 0.15) is 17.7 Å². The van der Waals surface area contributed by atoms with Crippen molar-refractivity contribution in [1.82, 2.24) is 0 Å². The number of hydrogen-bond donors (Lipinski definition) is 0. The van der Waals surface area contributed by atoms with Crippen LogP contribution in [0.25, 0.3) is 0 Å². The van der Waals surface area contributed by atoms with Crippen LogP contribution in [0.2, 0.25) is 5.02 Å². The van der Waals surface area contributed by atoms with Crippen molar-refractivity contribution in [2.45, 2.75) is 19.5 Å². The maximum atomic E-state index is 14.3. The van der Waals surface area contributed by atoms with Crippen molar-refractivity contribution >= 4 is 34.8 Å². The lowest BCUT2D eigenvalue weighted by atomic mass is 10.0. The number of halogens is 3. The first kappa shape index (κ1) is 20.0. The molecule has 30 heavy (non-hydrogen) atoms. The summed E-state index contributed by atoms with van der Waals surface area (Å²) in [4.78, 5) is 29.2. The van der Waals surface area contributed by atoms with E-state index in [4.69, 9.17) is 11.6 Å². The summed E-state index contributed by atoms with van der Waals surface area (Å²) in [5.41, 5.74) is 1.44. The first-order valence-corrected chi connectivity index (χ1v) is 9.68. The standard InChI is InChI=1S/C23H17ClF2N2O2/c1-14-22(29)27(13-17-18(24)5-4-6-19(17)26)20-7-2-3-8-21(20)28(14)23(30)15-9-11-16(25)12-10-15/h2-12,14H,13H2,1H3. The quantitative estimate of drug-likeness (QED) is 0.577. The number of carbonyl (C=O) groups excluding carboxylic acids is 2. The fraction of sp³-hybridized carbons (Fsp3) is 0.130. The van der Waals surface area contributed by atoms with Crippen LogP contribution in [0, 0.1) is 11.6 Å². The van der Waals surface area contributed by atoms with Crippen LogP contribution in [0.4, 0.5) is 20.2 Å². The smallest absolute Gasteiger partial charge is 0.259 e. The average molecular weight is 427 g/mol. The van der Waals surface area contributed by atoms with E-state index in [0.29, 0.717) is 11.4 Å². The molecule has 7 heteroatoms. The third kappa shape index (κ3) is 3.44. The third-order valence-corrected chi connectivity index (χ3v) is 5.48. The highest BCUT2D eigenvalue weighted by Crippen LogP contribution is 2.38. The van der Waals surface area contributed by atoms with E-state index in [1.54, 1.807) is 37.3 Å². The molecule has 1 atom stereocenters. The molecule has 1 heterocycles. The Balaban J connectivity index is 1.77. The number of fused-ring (bicyclic) bond motifs is 1. The highest BCUT2D eigenvalue weighted by Gasteiger charge is 2.39. The minimum atomic E-state index is -0.844. The minimum Gasteiger partial charge on any atom is -0.304 e. The van der Waals surface area contributed by atoms with Gasteiger partial charge in [-0.2, -0.15) is 0 Å². The van der Waals surface area contributed by atoms with Crippen LogP contribution < -0.4 is 9.80 Å². The van der Waals surface area contributed by atoms with E-state index < -0.39 is 23.6 Å². The zero-order chi connectivity index (χ0) is 21.4. The van der Waals surface area contributed by atoms with Gasteiger partial charge in [0.05, 0.1) is 17.9 Å². The van der Waals surface area contributed by atoms with Gasteiger partial charge in [-0.1, -0.05) is 29.8 Å². The molecular formula is C23H17ClF2N2O2. The number of hydrogen-bond acceptors (Lipinski definition) is 2. The predicted molar refractivity (Wildman–Crippen MR) is 112 cm³/mol. The van der Waals surface area contributed by atoms with Gasteiger partial charge in [-0.3, -0.25) is 14.5 Å². The van der Waals surface area contributed by atoms with E-state index in [9.17, 15) is 18.4 Å².